The average molecular weight is 309 g/mol. The lowest BCUT2D eigenvalue weighted by molar-refractivity contribution is -0.0149. The maximum atomic E-state index is 10.2. The van der Waals surface area contributed by atoms with Gasteiger partial charge in [0.05, 0.1) is 25.9 Å². The number of methoxy groups -OCH3 is 1. The molecular formula is C18H31NO3. The predicted molar refractivity (Wildman–Crippen MR) is 90.3 cm³/mol. The van der Waals surface area contributed by atoms with Crippen molar-refractivity contribution in [2.24, 2.45) is 0 Å². The summed E-state index contributed by atoms with van der Waals surface area (Å²) in [6.07, 6.45) is 0.733. The molecule has 4 nitrogen and oxygen atoms in total. The molecule has 0 bridgehead atoms. The first-order chi connectivity index (χ1) is 10.5. The molecule has 1 rings (SSSR count). The van der Waals surface area contributed by atoms with Crippen LogP contribution in [0.2, 0.25) is 0 Å². The molecule has 22 heavy (non-hydrogen) atoms. The van der Waals surface area contributed by atoms with Gasteiger partial charge in [-0.2, -0.15) is 0 Å². The molecular weight excluding hydrogens is 278 g/mol. The zero-order chi connectivity index (χ0) is 16.5. The van der Waals surface area contributed by atoms with Gasteiger partial charge >= 0.3 is 0 Å². The van der Waals surface area contributed by atoms with E-state index in [2.05, 4.69) is 30.9 Å². The zero-order valence-electron chi connectivity index (χ0n) is 14.6. The first-order valence-corrected chi connectivity index (χ1v) is 8.12. The molecule has 0 saturated heterocycles. The highest BCUT2D eigenvalue weighted by Gasteiger charge is 2.17. The fourth-order valence-corrected chi connectivity index (χ4v) is 2.25. The minimum atomic E-state index is -0.463. The van der Waals surface area contributed by atoms with Crippen molar-refractivity contribution in [3.63, 3.8) is 0 Å². The first kappa shape index (κ1) is 18.9. The molecule has 0 spiro atoms. The second kappa shape index (κ2) is 9.82. The van der Waals surface area contributed by atoms with Crippen molar-refractivity contribution in [2.75, 3.05) is 20.3 Å². The Bertz CT molecular complexity index is 405. The quantitative estimate of drug-likeness (QED) is 0.721. The van der Waals surface area contributed by atoms with Gasteiger partial charge in [-0.3, -0.25) is 4.90 Å². The number of hydrogen-bond acceptors (Lipinski definition) is 4. The zero-order valence-corrected chi connectivity index (χ0v) is 14.6. The van der Waals surface area contributed by atoms with Gasteiger partial charge in [-0.1, -0.05) is 19.1 Å². The second-order valence-corrected chi connectivity index (χ2v) is 6.07. The Morgan fingerprint density at radius 1 is 1.14 bits per heavy atom. The number of rotatable bonds is 10. The topological polar surface area (TPSA) is 41.9 Å². The molecule has 1 N–H and O–H groups in total. The van der Waals surface area contributed by atoms with Gasteiger partial charge in [0.15, 0.2) is 0 Å². The van der Waals surface area contributed by atoms with Crippen molar-refractivity contribution in [3.05, 3.63) is 29.8 Å². The minimum Gasteiger partial charge on any atom is -0.497 e. The molecule has 2 atom stereocenters. The van der Waals surface area contributed by atoms with E-state index in [1.54, 1.807) is 7.11 Å². The third-order valence-corrected chi connectivity index (χ3v) is 3.83. The lowest BCUT2D eigenvalue weighted by atomic mass is 10.1. The minimum absolute atomic E-state index is 0.147. The number of hydrogen-bond donors (Lipinski definition) is 1. The van der Waals surface area contributed by atoms with Gasteiger partial charge in [0.1, 0.15) is 5.75 Å². The fourth-order valence-electron chi connectivity index (χ4n) is 2.25. The van der Waals surface area contributed by atoms with Crippen LogP contribution < -0.4 is 4.74 Å². The van der Waals surface area contributed by atoms with Gasteiger partial charge in [0, 0.05) is 19.1 Å². The number of aliphatic hydroxyl groups is 1. The Hall–Kier alpha value is -1.10. The van der Waals surface area contributed by atoms with E-state index in [0.717, 1.165) is 18.7 Å². The standard InChI is InChI=1S/C18H31NO3/c1-6-15(4)19(12-17(20)13-22-14(2)3)11-16-7-9-18(21-5)10-8-16/h7-10,14-15,17,20H,6,11-13H2,1-5H3. The first-order valence-electron chi connectivity index (χ1n) is 8.12. The number of benzene rings is 1. The van der Waals surface area contributed by atoms with Crippen LogP contribution in [0, 0.1) is 0 Å². The molecule has 0 aliphatic rings. The van der Waals surface area contributed by atoms with Crippen LogP contribution in [-0.4, -0.2) is 48.5 Å². The summed E-state index contributed by atoms with van der Waals surface area (Å²) in [5.41, 5.74) is 1.22. The summed E-state index contributed by atoms with van der Waals surface area (Å²) >= 11 is 0. The molecule has 0 radical (unpaired) electrons. The van der Waals surface area contributed by atoms with Gasteiger partial charge in [0.25, 0.3) is 0 Å². The van der Waals surface area contributed by atoms with Crippen LogP contribution in [0.1, 0.15) is 39.7 Å². The van der Waals surface area contributed by atoms with E-state index in [-0.39, 0.29) is 6.10 Å². The summed E-state index contributed by atoms with van der Waals surface area (Å²) < 4.78 is 10.7. The summed E-state index contributed by atoms with van der Waals surface area (Å²) in [7, 11) is 1.67. The highest BCUT2D eigenvalue weighted by Crippen LogP contribution is 2.15. The van der Waals surface area contributed by atoms with E-state index in [0.29, 0.717) is 19.2 Å². The Labute approximate surface area is 135 Å². The van der Waals surface area contributed by atoms with Crippen molar-refractivity contribution in [3.8, 4) is 5.75 Å². The Morgan fingerprint density at radius 3 is 2.27 bits per heavy atom. The Kier molecular flexibility index (Phi) is 8.46. The SMILES string of the molecule is CCC(C)N(Cc1ccc(OC)cc1)CC(O)COC(C)C. The van der Waals surface area contributed by atoms with Crippen molar-refractivity contribution < 1.29 is 14.6 Å². The van der Waals surface area contributed by atoms with E-state index >= 15 is 0 Å². The van der Waals surface area contributed by atoms with Crippen LogP contribution in [0.15, 0.2) is 24.3 Å². The molecule has 0 amide bonds. The smallest absolute Gasteiger partial charge is 0.118 e. The van der Waals surface area contributed by atoms with E-state index in [4.69, 9.17) is 9.47 Å². The molecule has 0 heterocycles. The normalized spacial score (nSPS) is 14.4. The molecule has 0 aromatic heterocycles. The van der Waals surface area contributed by atoms with Crippen LogP contribution in [0.5, 0.6) is 5.75 Å². The van der Waals surface area contributed by atoms with Gasteiger partial charge in [-0.15, -0.1) is 0 Å². The summed E-state index contributed by atoms with van der Waals surface area (Å²) in [6, 6.07) is 8.51. The lowest BCUT2D eigenvalue weighted by Gasteiger charge is -2.30. The highest BCUT2D eigenvalue weighted by atomic mass is 16.5. The fraction of sp³-hybridized carbons (Fsp3) is 0.667. The van der Waals surface area contributed by atoms with E-state index < -0.39 is 6.10 Å². The van der Waals surface area contributed by atoms with Crippen molar-refractivity contribution in [2.45, 2.75) is 58.9 Å². The largest absolute Gasteiger partial charge is 0.497 e. The molecule has 1 aromatic rings. The molecule has 1 aromatic carbocycles. The summed E-state index contributed by atoms with van der Waals surface area (Å²) in [6.45, 7) is 10.1. The summed E-state index contributed by atoms with van der Waals surface area (Å²) in [4.78, 5) is 2.30. The van der Waals surface area contributed by atoms with Crippen LogP contribution in [0.4, 0.5) is 0 Å². The molecule has 4 heteroatoms. The number of ether oxygens (including phenoxy) is 2. The van der Waals surface area contributed by atoms with Gasteiger partial charge in [-0.25, -0.2) is 0 Å². The highest BCUT2D eigenvalue weighted by molar-refractivity contribution is 5.27. The summed E-state index contributed by atoms with van der Waals surface area (Å²) in [5, 5.41) is 10.2. The maximum Gasteiger partial charge on any atom is 0.118 e. The maximum absolute atomic E-state index is 10.2. The van der Waals surface area contributed by atoms with Crippen LogP contribution in [0.3, 0.4) is 0 Å². The Morgan fingerprint density at radius 2 is 1.77 bits per heavy atom. The average Bonchev–Trinajstić information content (AvgIpc) is 2.52. The predicted octanol–water partition coefficient (Wildman–Crippen LogP) is 3.08. The van der Waals surface area contributed by atoms with Crippen LogP contribution in [-0.2, 0) is 11.3 Å². The van der Waals surface area contributed by atoms with Gasteiger partial charge < -0.3 is 14.6 Å². The number of nitrogens with zero attached hydrogens (tertiary/aromatic N) is 1. The van der Waals surface area contributed by atoms with E-state index in [1.165, 1.54) is 5.56 Å². The molecule has 126 valence electrons. The second-order valence-electron chi connectivity index (χ2n) is 6.07. The molecule has 0 fully saturated rings. The van der Waals surface area contributed by atoms with Gasteiger partial charge in [-0.05, 0) is 44.9 Å². The van der Waals surface area contributed by atoms with Crippen molar-refractivity contribution in [1.29, 1.82) is 0 Å². The van der Waals surface area contributed by atoms with E-state index in [9.17, 15) is 5.11 Å². The number of aliphatic hydroxyl groups excluding tert-OH is 1. The molecule has 0 saturated carbocycles. The molecule has 0 aliphatic carbocycles. The van der Waals surface area contributed by atoms with Gasteiger partial charge in [0.2, 0.25) is 0 Å². The third kappa shape index (κ3) is 6.77. The monoisotopic (exact) mass is 309 g/mol. The third-order valence-electron chi connectivity index (χ3n) is 3.83. The van der Waals surface area contributed by atoms with E-state index in [1.807, 2.05) is 26.0 Å². The van der Waals surface area contributed by atoms with Crippen molar-refractivity contribution >= 4 is 0 Å². The molecule has 2 unspecified atom stereocenters. The van der Waals surface area contributed by atoms with Crippen molar-refractivity contribution in [1.82, 2.24) is 4.90 Å². The summed E-state index contributed by atoms with van der Waals surface area (Å²) in [5.74, 6) is 0.865. The Balaban J connectivity index is 2.63. The molecule has 0 aliphatic heterocycles. The van der Waals surface area contributed by atoms with Crippen LogP contribution >= 0.6 is 0 Å². The lowest BCUT2D eigenvalue weighted by Crippen LogP contribution is -2.40. The van der Waals surface area contributed by atoms with Crippen LogP contribution in [0.25, 0.3) is 0 Å².